The Labute approximate surface area is 176 Å². The molecule has 1 N–H and O–H groups in total. The summed E-state index contributed by atoms with van der Waals surface area (Å²) in [6.07, 6.45) is 4.26. The third-order valence-corrected chi connectivity index (χ3v) is 5.63. The first-order valence-electron chi connectivity index (χ1n) is 10.3. The summed E-state index contributed by atoms with van der Waals surface area (Å²) in [5.41, 5.74) is 3.41. The van der Waals surface area contributed by atoms with Gasteiger partial charge in [0, 0.05) is 23.8 Å². The van der Waals surface area contributed by atoms with Crippen LogP contribution in [0.3, 0.4) is 0 Å². The maximum absolute atomic E-state index is 12.5. The number of hydrogen-bond acceptors (Lipinski definition) is 5. The van der Waals surface area contributed by atoms with Crippen LogP contribution in [0.25, 0.3) is 11.5 Å². The minimum absolute atomic E-state index is 0.00552. The summed E-state index contributed by atoms with van der Waals surface area (Å²) >= 11 is 1.58. The number of amides is 1. The molecule has 1 atom stereocenters. The highest BCUT2D eigenvalue weighted by Gasteiger charge is 2.19. The third kappa shape index (κ3) is 6.00. The van der Waals surface area contributed by atoms with Crippen molar-refractivity contribution in [2.24, 2.45) is 5.92 Å². The molecule has 3 aromatic rings. The van der Waals surface area contributed by atoms with Crippen molar-refractivity contribution >= 4 is 17.2 Å². The molecule has 0 spiro atoms. The number of hydrogen-bond donors (Lipinski definition) is 1. The monoisotopic (exact) mass is 411 g/mol. The lowest BCUT2D eigenvalue weighted by atomic mass is 9.94. The van der Waals surface area contributed by atoms with Gasteiger partial charge in [-0.2, -0.15) is 11.3 Å². The molecular weight excluding hydrogens is 382 g/mol. The molecular formula is C23H29N3O2S. The standard InChI is InChI=1S/C23H29N3O2S/c1-4-5-6-17-7-9-18(10-8-17)22(16(2)3)24-20(27)11-12-21-25-26-23(28-21)19-13-14-29-15-19/h7-10,13-16,22H,4-6,11-12H2,1-3H3,(H,24,27). The van der Waals surface area contributed by atoms with Gasteiger partial charge in [-0.15, -0.1) is 10.2 Å². The van der Waals surface area contributed by atoms with Crippen molar-refractivity contribution in [1.82, 2.24) is 15.5 Å². The van der Waals surface area contributed by atoms with Crippen LogP contribution >= 0.6 is 11.3 Å². The molecule has 0 aliphatic rings. The van der Waals surface area contributed by atoms with Gasteiger partial charge in [-0.1, -0.05) is 51.5 Å². The van der Waals surface area contributed by atoms with E-state index in [1.165, 1.54) is 18.4 Å². The fourth-order valence-electron chi connectivity index (χ4n) is 3.23. The number of nitrogens with zero attached hydrogens (tertiary/aromatic N) is 2. The van der Waals surface area contributed by atoms with Crippen molar-refractivity contribution in [2.75, 3.05) is 0 Å². The van der Waals surface area contributed by atoms with Crippen molar-refractivity contribution in [3.8, 4) is 11.5 Å². The normalized spacial score (nSPS) is 12.3. The second kappa shape index (κ2) is 10.3. The number of rotatable bonds is 10. The minimum atomic E-state index is -0.00761. The average Bonchev–Trinajstić information content (AvgIpc) is 3.41. The van der Waals surface area contributed by atoms with E-state index in [0.717, 1.165) is 17.5 Å². The Morgan fingerprint density at radius 2 is 1.93 bits per heavy atom. The number of carbonyl (C=O) groups excluding carboxylic acids is 1. The Kier molecular flexibility index (Phi) is 7.58. The molecule has 154 valence electrons. The van der Waals surface area contributed by atoms with Crippen LogP contribution in [-0.4, -0.2) is 16.1 Å². The summed E-state index contributed by atoms with van der Waals surface area (Å²) in [6.45, 7) is 6.46. The first-order chi connectivity index (χ1) is 14.1. The number of benzene rings is 1. The van der Waals surface area contributed by atoms with Gasteiger partial charge in [-0.25, -0.2) is 0 Å². The maximum Gasteiger partial charge on any atom is 0.248 e. The highest BCUT2D eigenvalue weighted by atomic mass is 32.1. The van der Waals surface area contributed by atoms with Crippen molar-refractivity contribution in [3.63, 3.8) is 0 Å². The molecule has 0 saturated carbocycles. The average molecular weight is 412 g/mol. The van der Waals surface area contributed by atoms with Gasteiger partial charge < -0.3 is 9.73 Å². The summed E-state index contributed by atoms with van der Waals surface area (Å²) in [5, 5.41) is 15.2. The molecule has 5 nitrogen and oxygen atoms in total. The molecule has 0 radical (unpaired) electrons. The fourth-order valence-corrected chi connectivity index (χ4v) is 3.86. The van der Waals surface area contributed by atoms with E-state index in [-0.39, 0.29) is 11.9 Å². The van der Waals surface area contributed by atoms with Crippen molar-refractivity contribution in [3.05, 3.63) is 58.1 Å². The van der Waals surface area contributed by atoms with Crippen molar-refractivity contribution in [2.45, 2.75) is 58.9 Å². The van der Waals surface area contributed by atoms with Gasteiger partial charge in [0.2, 0.25) is 17.7 Å². The predicted molar refractivity (Wildman–Crippen MR) is 117 cm³/mol. The molecule has 3 rings (SSSR count). The molecule has 0 saturated heterocycles. The summed E-state index contributed by atoms with van der Waals surface area (Å²) in [4.78, 5) is 12.5. The van der Waals surface area contributed by atoms with Crippen LogP contribution in [0.15, 0.2) is 45.5 Å². The molecule has 0 aliphatic heterocycles. The van der Waals surface area contributed by atoms with Crippen molar-refractivity contribution < 1.29 is 9.21 Å². The van der Waals surface area contributed by atoms with Crippen molar-refractivity contribution in [1.29, 1.82) is 0 Å². The summed E-state index contributed by atoms with van der Waals surface area (Å²) in [7, 11) is 0. The van der Waals surface area contributed by atoms with E-state index >= 15 is 0 Å². The SMILES string of the molecule is CCCCc1ccc(C(NC(=O)CCc2nnc(-c3ccsc3)o2)C(C)C)cc1. The molecule has 6 heteroatoms. The van der Waals surface area contributed by atoms with Crippen LogP contribution in [0.2, 0.25) is 0 Å². The number of aryl methyl sites for hydroxylation is 2. The second-order valence-electron chi connectivity index (χ2n) is 7.65. The van der Waals surface area contributed by atoms with Crippen LogP contribution in [0.4, 0.5) is 0 Å². The minimum Gasteiger partial charge on any atom is -0.421 e. The lowest BCUT2D eigenvalue weighted by Crippen LogP contribution is -2.31. The third-order valence-electron chi connectivity index (χ3n) is 4.94. The van der Waals surface area contributed by atoms with E-state index in [1.807, 2.05) is 16.8 Å². The van der Waals surface area contributed by atoms with Crippen LogP contribution in [0.1, 0.15) is 63.1 Å². The molecule has 0 aliphatic carbocycles. The highest BCUT2D eigenvalue weighted by Crippen LogP contribution is 2.23. The zero-order chi connectivity index (χ0) is 20.6. The first kappa shape index (κ1) is 21.2. The molecule has 0 fully saturated rings. The maximum atomic E-state index is 12.5. The molecule has 1 amide bonds. The zero-order valence-corrected chi connectivity index (χ0v) is 18.2. The van der Waals surface area contributed by atoms with E-state index in [1.54, 1.807) is 11.3 Å². The van der Waals surface area contributed by atoms with Crippen LogP contribution < -0.4 is 5.32 Å². The number of thiophene rings is 1. The summed E-state index contributed by atoms with van der Waals surface area (Å²) < 4.78 is 5.67. The van der Waals surface area contributed by atoms with E-state index in [9.17, 15) is 4.79 Å². The second-order valence-corrected chi connectivity index (χ2v) is 8.43. The molecule has 2 aromatic heterocycles. The van der Waals surface area contributed by atoms with Gasteiger partial charge in [0.1, 0.15) is 0 Å². The summed E-state index contributed by atoms with van der Waals surface area (Å²) in [5.74, 6) is 1.29. The van der Waals surface area contributed by atoms with Gasteiger partial charge in [0.25, 0.3) is 0 Å². The Morgan fingerprint density at radius 1 is 1.14 bits per heavy atom. The molecule has 2 heterocycles. The summed E-state index contributed by atoms with van der Waals surface area (Å²) in [6, 6.07) is 10.6. The van der Waals surface area contributed by atoms with Crippen LogP contribution in [0, 0.1) is 5.92 Å². The quantitative estimate of drug-likeness (QED) is 0.472. The van der Waals surface area contributed by atoms with Gasteiger partial charge >= 0.3 is 0 Å². The van der Waals surface area contributed by atoms with Gasteiger partial charge in [-0.3, -0.25) is 4.79 Å². The van der Waals surface area contributed by atoms with Gasteiger partial charge in [-0.05, 0) is 41.3 Å². The first-order valence-corrected chi connectivity index (χ1v) is 11.2. The predicted octanol–water partition coefficient (Wildman–Crippen LogP) is 5.59. The molecule has 1 aromatic carbocycles. The number of nitrogens with one attached hydrogen (secondary N) is 1. The number of carbonyl (C=O) groups is 1. The van der Waals surface area contributed by atoms with Crippen LogP contribution in [-0.2, 0) is 17.6 Å². The largest absolute Gasteiger partial charge is 0.421 e. The van der Waals surface area contributed by atoms with Gasteiger partial charge in [0.05, 0.1) is 6.04 Å². The topological polar surface area (TPSA) is 68.0 Å². The van der Waals surface area contributed by atoms with Gasteiger partial charge in [0.15, 0.2) is 0 Å². The van der Waals surface area contributed by atoms with Crippen LogP contribution in [0.5, 0.6) is 0 Å². The van der Waals surface area contributed by atoms with E-state index in [0.29, 0.717) is 30.5 Å². The zero-order valence-electron chi connectivity index (χ0n) is 17.4. The lowest BCUT2D eigenvalue weighted by molar-refractivity contribution is -0.122. The molecule has 0 bridgehead atoms. The fraction of sp³-hybridized carbons (Fsp3) is 0.435. The molecule has 29 heavy (non-hydrogen) atoms. The Bertz CT molecular complexity index is 885. The highest BCUT2D eigenvalue weighted by molar-refractivity contribution is 7.08. The van der Waals surface area contributed by atoms with E-state index in [4.69, 9.17) is 4.42 Å². The van der Waals surface area contributed by atoms with E-state index in [2.05, 4.69) is 60.6 Å². The Balaban J connectivity index is 1.55. The lowest BCUT2D eigenvalue weighted by Gasteiger charge is -2.23. The van der Waals surface area contributed by atoms with E-state index < -0.39 is 0 Å². The Morgan fingerprint density at radius 3 is 2.59 bits per heavy atom. The smallest absolute Gasteiger partial charge is 0.248 e. The number of unbranched alkanes of at least 4 members (excludes halogenated alkanes) is 1. The Hall–Kier alpha value is -2.47. The number of aromatic nitrogens is 2. The molecule has 1 unspecified atom stereocenters.